The fourth-order valence-corrected chi connectivity index (χ4v) is 4.41. The quantitative estimate of drug-likeness (QED) is 0.619. The first-order valence-corrected chi connectivity index (χ1v) is 9.72. The lowest BCUT2D eigenvalue weighted by Gasteiger charge is -2.28. The minimum atomic E-state index is -1.25. The zero-order chi connectivity index (χ0) is 21.8. The van der Waals surface area contributed by atoms with Crippen LogP contribution in [0.2, 0.25) is 0 Å². The molecule has 2 heterocycles. The lowest BCUT2D eigenvalue weighted by molar-refractivity contribution is 0.177. The monoisotopic (exact) mass is 423 g/mol. The number of halogens is 2. The molecule has 2 aromatic rings. The number of nitrogens with one attached hydrogen (secondary N) is 1. The van der Waals surface area contributed by atoms with Crippen LogP contribution in [0.5, 0.6) is 0 Å². The van der Waals surface area contributed by atoms with Gasteiger partial charge in [0.05, 0.1) is 23.3 Å². The molecule has 0 radical (unpaired) electrons. The number of fused-ring (bicyclic) bond motifs is 1. The third-order valence-electron chi connectivity index (χ3n) is 6.13. The summed E-state index contributed by atoms with van der Waals surface area (Å²) >= 11 is 0. The van der Waals surface area contributed by atoms with Gasteiger partial charge in [-0.15, -0.1) is 0 Å². The molecule has 0 spiro atoms. The Labute approximate surface area is 169 Å². The van der Waals surface area contributed by atoms with Gasteiger partial charge in [0.25, 0.3) is 5.56 Å². The van der Waals surface area contributed by atoms with Crippen LogP contribution in [0.3, 0.4) is 0 Å². The van der Waals surface area contributed by atoms with E-state index in [0.717, 1.165) is 18.9 Å². The minimum Gasteiger partial charge on any atom is -0.465 e. The van der Waals surface area contributed by atoms with Crippen molar-refractivity contribution in [1.29, 1.82) is 0 Å². The number of nitrogens with zero attached hydrogens (tertiary/aromatic N) is 3. The smallest absolute Gasteiger partial charge is 0.404 e. The van der Waals surface area contributed by atoms with E-state index < -0.39 is 35.2 Å². The van der Waals surface area contributed by atoms with Crippen molar-refractivity contribution in [1.82, 2.24) is 14.6 Å². The third-order valence-corrected chi connectivity index (χ3v) is 6.13. The average molecular weight is 423 g/mol. The molecular formula is C19H23F2N5O4. The van der Waals surface area contributed by atoms with Crippen LogP contribution in [-0.4, -0.2) is 46.8 Å². The number of rotatable bonds is 5. The maximum absolute atomic E-state index is 15.1. The number of aromatic nitrogens is 2. The van der Waals surface area contributed by atoms with Crippen molar-refractivity contribution < 1.29 is 18.7 Å². The Morgan fingerprint density at radius 1 is 1.40 bits per heavy atom. The van der Waals surface area contributed by atoms with Crippen LogP contribution in [0.15, 0.2) is 15.7 Å². The second-order valence-electron chi connectivity index (χ2n) is 8.25. The highest BCUT2D eigenvalue weighted by Crippen LogP contribution is 2.41. The van der Waals surface area contributed by atoms with Gasteiger partial charge in [0.2, 0.25) is 0 Å². The fraction of sp³-hybridized carbons (Fsp3) is 0.526. The zero-order valence-corrected chi connectivity index (χ0v) is 16.5. The first kappa shape index (κ1) is 20.2. The topological polar surface area (TPSA) is 123 Å². The number of hydrogen-bond donors (Lipinski definition) is 3. The summed E-state index contributed by atoms with van der Waals surface area (Å²) in [7, 11) is 0. The Morgan fingerprint density at radius 2 is 2.10 bits per heavy atom. The van der Waals surface area contributed by atoms with E-state index in [2.05, 4.69) is 5.32 Å². The second-order valence-corrected chi connectivity index (χ2v) is 8.25. The van der Waals surface area contributed by atoms with Gasteiger partial charge in [0.1, 0.15) is 5.82 Å². The number of alkyl halides is 1. The van der Waals surface area contributed by atoms with Gasteiger partial charge >= 0.3 is 11.8 Å². The maximum Gasteiger partial charge on any atom is 0.404 e. The fourth-order valence-electron chi connectivity index (χ4n) is 4.41. The molecule has 162 valence electrons. The van der Waals surface area contributed by atoms with Gasteiger partial charge in [-0.05, 0) is 32.3 Å². The van der Waals surface area contributed by atoms with Gasteiger partial charge < -0.3 is 21.2 Å². The molecule has 4 N–H and O–H groups in total. The van der Waals surface area contributed by atoms with Crippen LogP contribution in [-0.2, 0) is 0 Å². The van der Waals surface area contributed by atoms with Gasteiger partial charge in [0.15, 0.2) is 0 Å². The van der Waals surface area contributed by atoms with E-state index in [1.54, 1.807) is 11.8 Å². The summed E-state index contributed by atoms with van der Waals surface area (Å²) in [5.74, 6) is 4.96. The van der Waals surface area contributed by atoms with Gasteiger partial charge in [-0.2, -0.15) is 4.68 Å². The van der Waals surface area contributed by atoms with Crippen molar-refractivity contribution in [2.45, 2.75) is 32.2 Å². The van der Waals surface area contributed by atoms with Crippen LogP contribution in [0.25, 0.3) is 10.9 Å². The van der Waals surface area contributed by atoms with Crippen molar-refractivity contribution in [3.63, 3.8) is 0 Å². The van der Waals surface area contributed by atoms with Crippen LogP contribution < -0.4 is 27.3 Å². The highest BCUT2D eigenvalue weighted by atomic mass is 19.1. The van der Waals surface area contributed by atoms with Crippen LogP contribution in [0.4, 0.5) is 19.3 Å². The molecule has 1 aliphatic heterocycles. The summed E-state index contributed by atoms with van der Waals surface area (Å²) in [6.07, 6.45) is 0.602. The van der Waals surface area contributed by atoms with Gasteiger partial charge in [0, 0.05) is 36.7 Å². The number of aryl methyl sites for hydroxylation is 1. The first-order valence-electron chi connectivity index (χ1n) is 9.72. The average Bonchev–Trinajstić information content (AvgIpc) is 3.45. The molecule has 2 aliphatic rings. The highest BCUT2D eigenvalue weighted by molar-refractivity contribution is 5.87. The SMILES string of the molecule is Cc1c(N2CCC(CF)(CNC(=O)O)C2)c(F)cc2c(=O)n(N)c(=O)n(C3CC3)c12. The predicted octanol–water partition coefficient (Wildman–Crippen LogP) is 1.09. The van der Waals surface area contributed by atoms with Crippen LogP contribution in [0, 0.1) is 18.2 Å². The van der Waals surface area contributed by atoms with E-state index in [1.807, 2.05) is 0 Å². The molecule has 0 bridgehead atoms. The molecule has 11 heteroatoms. The molecule has 1 saturated heterocycles. The first-order chi connectivity index (χ1) is 14.2. The van der Waals surface area contributed by atoms with Crippen molar-refractivity contribution >= 4 is 22.7 Å². The molecule has 1 aromatic carbocycles. The van der Waals surface area contributed by atoms with Crippen LogP contribution >= 0.6 is 0 Å². The molecule has 9 nitrogen and oxygen atoms in total. The Balaban J connectivity index is 1.84. The van der Waals surface area contributed by atoms with E-state index in [0.29, 0.717) is 28.7 Å². The largest absolute Gasteiger partial charge is 0.465 e. The van der Waals surface area contributed by atoms with E-state index in [1.165, 1.54) is 4.57 Å². The summed E-state index contributed by atoms with van der Waals surface area (Å²) in [4.78, 5) is 37.6. The summed E-state index contributed by atoms with van der Waals surface area (Å²) in [6.45, 7) is 1.20. The predicted molar refractivity (Wildman–Crippen MR) is 107 cm³/mol. The Hall–Kier alpha value is -3.11. The molecule has 1 aromatic heterocycles. The van der Waals surface area contributed by atoms with Crippen molar-refractivity contribution in [3.05, 3.63) is 38.3 Å². The van der Waals surface area contributed by atoms with E-state index in [-0.39, 0.29) is 30.2 Å². The molecule has 1 saturated carbocycles. The second kappa shape index (κ2) is 6.99. The van der Waals surface area contributed by atoms with Gasteiger partial charge in [-0.1, -0.05) is 0 Å². The van der Waals surface area contributed by atoms with E-state index >= 15 is 4.39 Å². The number of benzene rings is 1. The molecule has 1 aliphatic carbocycles. The lowest BCUT2D eigenvalue weighted by Crippen LogP contribution is -2.45. The number of nitrogens with two attached hydrogens (primary N) is 1. The summed E-state index contributed by atoms with van der Waals surface area (Å²) in [5, 5.41) is 11.1. The van der Waals surface area contributed by atoms with Crippen molar-refractivity contribution in [2.24, 2.45) is 5.41 Å². The Morgan fingerprint density at radius 3 is 2.70 bits per heavy atom. The van der Waals surface area contributed by atoms with E-state index in [9.17, 15) is 18.8 Å². The maximum atomic E-state index is 15.1. The highest BCUT2D eigenvalue weighted by Gasteiger charge is 2.40. The number of carboxylic acid groups (broad SMARTS) is 1. The number of hydrogen-bond acceptors (Lipinski definition) is 5. The summed E-state index contributed by atoms with van der Waals surface area (Å²) in [6, 6.07) is 0.975. The summed E-state index contributed by atoms with van der Waals surface area (Å²) in [5.41, 5.74) is -1.45. The van der Waals surface area contributed by atoms with Crippen molar-refractivity contribution in [2.75, 3.05) is 37.1 Å². The number of nitrogen functional groups attached to an aromatic ring is 1. The molecule has 30 heavy (non-hydrogen) atoms. The van der Waals surface area contributed by atoms with Gasteiger partial charge in [-0.25, -0.2) is 14.0 Å². The number of amides is 1. The van der Waals surface area contributed by atoms with Crippen molar-refractivity contribution in [3.8, 4) is 0 Å². The normalized spacial score (nSPS) is 21.4. The third kappa shape index (κ3) is 3.08. The molecule has 1 unspecified atom stereocenters. The van der Waals surface area contributed by atoms with E-state index in [4.69, 9.17) is 10.9 Å². The number of carbonyl (C=O) groups is 1. The van der Waals surface area contributed by atoms with Crippen LogP contribution in [0.1, 0.15) is 30.9 Å². The summed E-state index contributed by atoms with van der Waals surface area (Å²) < 4.78 is 30.9. The Kier molecular flexibility index (Phi) is 4.70. The molecule has 4 rings (SSSR count). The molecular weight excluding hydrogens is 400 g/mol. The zero-order valence-electron chi connectivity index (χ0n) is 16.5. The standard InChI is InChI=1S/C19H23F2N5O4/c1-10-14-12(16(27)26(22)18(30)25(14)11-2-3-11)6-13(21)15(10)24-5-4-19(7-20,9-24)8-23-17(28)29/h6,11,23H,2-5,7-9,22H2,1H3,(H,28,29). The minimum absolute atomic E-state index is 0.0197. The molecule has 2 fully saturated rings. The lowest BCUT2D eigenvalue weighted by atomic mass is 9.89. The number of anilines is 1. The van der Waals surface area contributed by atoms with Gasteiger partial charge in [-0.3, -0.25) is 13.8 Å². The molecule has 1 atom stereocenters. The Bertz CT molecular complexity index is 1160. The molecule has 1 amide bonds.